The van der Waals surface area contributed by atoms with Crippen molar-refractivity contribution >= 4 is 29.1 Å². The third-order valence-electron chi connectivity index (χ3n) is 4.92. The third kappa shape index (κ3) is 4.77. The minimum absolute atomic E-state index is 0.0535. The van der Waals surface area contributed by atoms with Gasteiger partial charge in [0.2, 0.25) is 0 Å². The van der Waals surface area contributed by atoms with Crippen molar-refractivity contribution in [2.45, 2.75) is 13.3 Å². The number of hydrogen-bond donors (Lipinski definition) is 2. The molecule has 0 saturated carbocycles. The lowest BCUT2D eigenvalue weighted by Gasteiger charge is -2.19. The summed E-state index contributed by atoms with van der Waals surface area (Å²) in [6, 6.07) is 7.01. The SMILES string of the molecule is CN=C/C(=C\N)c1cccc(C(=O)Nc2cc(N3CCC(CF)C3)cnc2C)n1. The smallest absolute Gasteiger partial charge is 0.274 e. The molecule has 0 aliphatic carbocycles. The van der Waals surface area contributed by atoms with Gasteiger partial charge < -0.3 is 16.0 Å². The van der Waals surface area contributed by atoms with Crippen LogP contribution >= 0.6 is 0 Å². The summed E-state index contributed by atoms with van der Waals surface area (Å²) in [4.78, 5) is 27.6. The van der Waals surface area contributed by atoms with E-state index < -0.39 is 0 Å². The van der Waals surface area contributed by atoms with Gasteiger partial charge >= 0.3 is 0 Å². The van der Waals surface area contributed by atoms with Gasteiger partial charge in [0.1, 0.15) is 5.69 Å². The van der Waals surface area contributed by atoms with Gasteiger partial charge in [-0.25, -0.2) is 4.98 Å². The number of hydrogen-bond acceptors (Lipinski definition) is 6. The van der Waals surface area contributed by atoms with Crippen LogP contribution in [0.1, 0.15) is 28.3 Å². The molecule has 1 unspecified atom stereocenters. The Bertz CT molecular complexity index is 943. The van der Waals surface area contributed by atoms with Crippen LogP contribution in [-0.2, 0) is 0 Å². The zero-order valence-electron chi connectivity index (χ0n) is 16.6. The lowest BCUT2D eigenvalue weighted by Crippen LogP contribution is -2.21. The molecule has 7 nitrogen and oxygen atoms in total. The second kappa shape index (κ2) is 9.27. The van der Waals surface area contributed by atoms with Crippen LogP contribution < -0.4 is 16.0 Å². The molecule has 1 aliphatic heterocycles. The first-order chi connectivity index (χ1) is 14.0. The van der Waals surface area contributed by atoms with Crippen LogP contribution in [0.25, 0.3) is 5.57 Å². The molecule has 0 bridgehead atoms. The van der Waals surface area contributed by atoms with E-state index in [0.717, 1.165) is 18.7 Å². The predicted octanol–water partition coefficient (Wildman–Crippen LogP) is 2.83. The Morgan fingerprint density at radius 3 is 2.93 bits per heavy atom. The van der Waals surface area contributed by atoms with E-state index in [1.807, 2.05) is 13.0 Å². The molecule has 1 fully saturated rings. The van der Waals surface area contributed by atoms with Gasteiger partial charge in [0.15, 0.2) is 0 Å². The van der Waals surface area contributed by atoms with E-state index in [0.29, 0.717) is 29.2 Å². The first kappa shape index (κ1) is 20.4. The number of aromatic nitrogens is 2. The van der Waals surface area contributed by atoms with E-state index in [-0.39, 0.29) is 24.2 Å². The molecular weight excluding hydrogens is 371 g/mol. The van der Waals surface area contributed by atoms with E-state index in [4.69, 9.17) is 5.73 Å². The van der Waals surface area contributed by atoms with E-state index in [1.165, 1.54) is 6.20 Å². The maximum Gasteiger partial charge on any atom is 0.274 e. The Morgan fingerprint density at radius 1 is 1.45 bits per heavy atom. The van der Waals surface area contributed by atoms with Gasteiger partial charge in [-0.3, -0.25) is 19.2 Å². The van der Waals surface area contributed by atoms with Gasteiger partial charge in [0, 0.05) is 44.0 Å². The standard InChI is InChI=1S/C21H25FN6O/c1-14-20(8-17(12-25-14)28-7-6-15(9-22)13-28)27-21(29)19-5-3-4-18(26-19)16(10-23)11-24-2/h3-5,8,10-12,15H,6-7,9,13,23H2,1-2H3,(H,27,29)/b16-10+,24-11?. The summed E-state index contributed by atoms with van der Waals surface area (Å²) in [5.74, 6) is -0.292. The Balaban J connectivity index is 1.80. The van der Waals surface area contributed by atoms with Gasteiger partial charge in [0.05, 0.1) is 35.6 Å². The molecule has 0 radical (unpaired) electrons. The van der Waals surface area contributed by atoms with Crippen LogP contribution in [0.5, 0.6) is 0 Å². The molecule has 1 amide bonds. The molecule has 3 rings (SSSR count). The summed E-state index contributed by atoms with van der Waals surface area (Å²) in [6.07, 6.45) is 5.56. The van der Waals surface area contributed by atoms with Crippen LogP contribution in [0.3, 0.4) is 0 Å². The van der Waals surface area contributed by atoms with E-state index >= 15 is 0 Å². The minimum Gasteiger partial charge on any atom is -0.404 e. The fraction of sp³-hybridized carbons (Fsp3) is 0.333. The highest BCUT2D eigenvalue weighted by Gasteiger charge is 2.23. The summed E-state index contributed by atoms with van der Waals surface area (Å²) in [5, 5.41) is 2.88. The number of carbonyl (C=O) groups is 1. The molecular formula is C21H25FN6O. The number of nitrogens with zero attached hydrogens (tertiary/aromatic N) is 4. The second-order valence-corrected chi connectivity index (χ2v) is 6.95. The lowest BCUT2D eigenvalue weighted by atomic mass is 10.1. The number of halogens is 1. The first-order valence-corrected chi connectivity index (χ1v) is 9.46. The minimum atomic E-state index is -0.346. The zero-order chi connectivity index (χ0) is 20.8. The Kier molecular flexibility index (Phi) is 6.54. The number of aryl methyl sites for hydroxylation is 1. The van der Waals surface area contributed by atoms with Gasteiger partial charge in [-0.2, -0.15) is 0 Å². The average molecular weight is 396 g/mol. The molecule has 0 spiro atoms. The van der Waals surface area contributed by atoms with Crippen molar-refractivity contribution < 1.29 is 9.18 Å². The predicted molar refractivity (Wildman–Crippen MR) is 114 cm³/mol. The highest BCUT2D eigenvalue weighted by molar-refractivity contribution is 6.09. The van der Waals surface area contributed by atoms with Crippen LogP contribution in [0.4, 0.5) is 15.8 Å². The molecule has 3 N–H and O–H groups in total. The number of carbonyl (C=O) groups excluding carboxylic acids is 1. The quantitative estimate of drug-likeness (QED) is 0.732. The molecule has 2 aromatic heterocycles. The van der Waals surface area contributed by atoms with E-state index in [9.17, 15) is 9.18 Å². The van der Waals surface area contributed by atoms with Crippen LogP contribution in [0.15, 0.2) is 41.7 Å². The van der Waals surface area contributed by atoms with Crippen LogP contribution in [0.2, 0.25) is 0 Å². The molecule has 1 atom stereocenters. The monoisotopic (exact) mass is 396 g/mol. The summed E-state index contributed by atoms with van der Waals surface area (Å²) < 4.78 is 12.9. The first-order valence-electron chi connectivity index (χ1n) is 9.46. The number of anilines is 2. The highest BCUT2D eigenvalue weighted by atomic mass is 19.1. The maximum absolute atomic E-state index is 12.9. The molecule has 152 valence electrons. The largest absolute Gasteiger partial charge is 0.404 e. The van der Waals surface area contributed by atoms with Gasteiger partial charge in [-0.1, -0.05) is 6.07 Å². The molecule has 1 saturated heterocycles. The number of nitrogens with two attached hydrogens (primary N) is 1. The molecule has 1 aliphatic rings. The molecule has 2 aromatic rings. The topological polar surface area (TPSA) is 96.5 Å². The number of nitrogens with one attached hydrogen (secondary N) is 1. The number of alkyl halides is 1. The summed E-state index contributed by atoms with van der Waals surface area (Å²) in [6.45, 7) is 2.95. The number of aliphatic imine (C=N–C) groups is 1. The summed E-state index contributed by atoms with van der Waals surface area (Å²) >= 11 is 0. The van der Waals surface area contributed by atoms with Crippen molar-refractivity contribution in [2.75, 3.05) is 37.0 Å². The van der Waals surface area contributed by atoms with Crippen LogP contribution in [-0.4, -0.2) is 48.9 Å². The highest BCUT2D eigenvalue weighted by Crippen LogP contribution is 2.27. The number of allylic oxidation sites excluding steroid dienone is 1. The fourth-order valence-corrected chi connectivity index (χ4v) is 3.26. The van der Waals surface area contributed by atoms with Gasteiger partial charge in [-0.05, 0) is 31.5 Å². The summed E-state index contributed by atoms with van der Waals surface area (Å²) in [7, 11) is 1.64. The van der Waals surface area contributed by atoms with Gasteiger partial charge in [0.25, 0.3) is 5.91 Å². The van der Waals surface area contributed by atoms with E-state index in [2.05, 4.69) is 25.2 Å². The van der Waals surface area contributed by atoms with Crippen molar-refractivity contribution in [2.24, 2.45) is 16.6 Å². The van der Waals surface area contributed by atoms with Crippen LogP contribution in [0, 0.1) is 12.8 Å². The van der Waals surface area contributed by atoms with Crippen molar-refractivity contribution in [3.05, 3.63) is 53.7 Å². The second-order valence-electron chi connectivity index (χ2n) is 6.95. The third-order valence-corrected chi connectivity index (χ3v) is 4.92. The fourth-order valence-electron chi connectivity index (χ4n) is 3.26. The van der Waals surface area contributed by atoms with E-state index in [1.54, 1.807) is 37.7 Å². The normalized spacial score (nSPS) is 17.1. The van der Waals surface area contributed by atoms with Crippen molar-refractivity contribution in [1.82, 2.24) is 9.97 Å². The summed E-state index contributed by atoms with van der Waals surface area (Å²) in [5.41, 5.74) is 9.24. The average Bonchev–Trinajstić information content (AvgIpc) is 3.23. The Morgan fingerprint density at radius 2 is 2.24 bits per heavy atom. The Hall–Kier alpha value is -3.29. The van der Waals surface area contributed by atoms with Crippen molar-refractivity contribution in [3.8, 4) is 0 Å². The number of amides is 1. The maximum atomic E-state index is 12.9. The van der Waals surface area contributed by atoms with Crippen molar-refractivity contribution in [3.63, 3.8) is 0 Å². The molecule has 29 heavy (non-hydrogen) atoms. The number of pyridine rings is 2. The zero-order valence-corrected chi connectivity index (χ0v) is 16.6. The molecule has 0 aromatic carbocycles. The van der Waals surface area contributed by atoms with Gasteiger partial charge in [-0.15, -0.1) is 0 Å². The van der Waals surface area contributed by atoms with Crippen molar-refractivity contribution in [1.29, 1.82) is 0 Å². The lowest BCUT2D eigenvalue weighted by molar-refractivity contribution is 0.102. The molecule has 3 heterocycles. The Labute approximate surface area is 169 Å². The number of rotatable bonds is 6. The molecule has 8 heteroatoms.